The van der Waals surface area contributed by atoms with Gasteiger partial charge < -0.3 is 14.9 Å². The summed E-state index contributed by atoms with van der Waals surface area (Å²) in [6.45, 7) is -0.0000562. The first-order chi connectivity index (χ1) is 15.0. The molecule has 2 heterocycles. The highest BCUT2D eigenvalue weighted by atomic mass is 35.5. The lowest BCUT2D eigenvalue weighted by atomic mass is 9.98. The van der Waals surface area contributed by atoms with Crippen molar-refractivity contribution in [2.75, 3.05) is 11.5 Å². The van der Waals surface area contributed by atoms with E-state index in [0.29, 0.717) is 0 Å². The van der Waals surface area contributed by atoms with Gasteiger partial charge in [0.2, 0.25) is 0 Å². The number of fused-ring (bicyclic) bond motifs is 4. The van der Waals surface area contributed by atoms with E-state index in [1.807, 2.05) is 48.5 Å². The van der Waals surface area contributed by atoms with Crippen molar-refractivity contribution < 1.29 is 24.5 Å². The number of carbonyl (C=O) groups excluding carboxylic acids is 1. The molecule has 2 unspecified atom stereocenters. The predicted molar refractivity (Wildman–Crippen MR) is 111 cm³/mol. The van der Waals surface area contributed by atoms with Crippen LogP contribution in [0.15, 0.2) is 54.9 Å². The maximum Gasteiger partial charge on any atom is 0.416 e. The molecule has 0 radical (unpaired) electrons. The molecule has 9 heteroatoms. The van der Waals surface area contributed by atoms with E-state index in [1.165, 1.54) is 0 Å². The number of amides is 1. The van der Waals surface area contributed by atoms with Gasteiger partial charge in [-0.15, -0.1) is 0 Å². The van der Waals surface area contributed by atoms with Crippen LogP contribution in [0.5, 0.6) is 0 Å². The Hall–Kier alpha value is -3.49. The number of halogens is 1. The lowest BCUT2D eigenvalue weighted by Gasteiger charge is -2.23. The highest BCUT2D eigenvalue weighted by Gasteiger charge is 2.49. The van der Waals surface area contributed by atoms with Crippen molar-refractivity contribution in [2.24, 2.45) is 0 Å². The van der Waals surface area contributed by atoms with Gasteiger partial charge in [0.1, 0.15) is 30.0 Å². The Balaban J connectivity index is 1.45. The van der Waals surface area contributed by atoms with Crippen LogP contribution in [0.25, 0.3) is 11.1 Å². The second kappa shape index (κ2) is 7.33. The molecule has 0 saturated carbocycles. The Morgan fingerprint density at radius 3 is 2.26 bits per heavy atom. The number of aliphatic hydroxyl groups excluding tert-OH is 1. The number of nitrogens with zero attached hydrogens (tertiary/aromatic N) is 3. The molecule has 0 fully saturated rings. The normalized spacial score (nSPS) is 19.0. The van der Waals surface area contributed by atoms with Crippen molar-refractivity contribution >= 4 is 29.5 Å². The number of carboxylic acid groups (broad SMARTS) is 1. The molecule has 8 nitrogen and oxygen atoms in total. The monoisotopic (exact) mass is 437 g/mol. The zero-order valence-electron chi connectivity index (χ0n) is 16.0. The smallest absolute Gasteiger partial charge is 0.416 e. The largest absolute Gasteiger partial charge is 0.480 e. The lowest BCUT2D eigenvalue weighted by Crippen LogP contribution is -2.45. The van der Waals surface area contributed by atoms with Crippen LogP contribution in [-0.4, -0.2) is 44.9 Å². The Morgan fingerprint density at radius 2 is 1.65 bits per heavy atom. The average Bonchev–Trinajstić information content (AvgIpc) is 3.25. The molecular weight excluding hydrogens is 422 g/mol. The summed E-state index contributed by atoms with van der Waals surface area (Å²) in [5.41, 5.74) is 4.19. The van der Waals surface area contributed by atoms with E-state index in [-0.39, 0.29) is 29.1 Å². The lowest BCUT2D eigenvalue weighted by molar-refractivity contribution is -0.141. The summed E-state index contributed by atoms with van der Waals surface area (Å²) in [5.74, 6) is -1.67. The maximum absolute atomic E-state index is 13.0. The summed E-state index contributed by atoms with van der Waals surface area (Å²) in [6, 6.07) is 14.1. The van der Waals surface area contributed by atoms with Crippen molar-refractivity contribution in [2.45, 2.75) is 18.1 Å². The molecule has 1 aromatic heterocycles. The van der Waals surface area contributed by atoms with Gasteiger partial charge in [-0.3, -0.25) is 0 Å². The van der Waals surface area contributed by atoms with Crippen LogP contribution >= 0.6 is 11.6 Å². The fourth-order valence-electron chi connectivity index (χ4n) is 4.35. The second-order valence-electron chi connectivity index (χ2n) is 7.30. The van der Waals surface area contributed by atoms with E-state index in [2.05, 4.69) is 9.97 Å². The zero-order valence-corrected chi connectivity index (χ0v) is 16.7. The fourth-order valence-corrected chi connectivity index (χ4v) is 4.59. The summed E-state index contributed by atoms with van der Waals surface area (Å²) in [4.78, 5) is 33.3. The number of carbonyl (C=O) groups is 2. The molecule has 0 spiro atoms. The summed E-state index contributed by atoms with van der Waals surface area (Å²) in [6.07, 6.45) is -1.40. The van der Waals surface area contributed by atoms with Crippen molar-refractivity contribution in [3.8, 4) is 11.1 Å². The molecule has 2 aliphatic rings. The number of aliphatic hydroxyl groups is 1. The third-order valence-corrected chi connectivity index (χ3v) is 6.00. The minimum atomic E-state index is -1.61. The van der Waals surface area contributed by atoms with Crippen LogP contribution < -0.4 is 4.90 Å². The van der Waals surface area contributed by atoms with Crippen LogP contribution in [-0.2, 0) is 9.53 Å². The highest BCUT2D eigenvalue weighted by Crippen LogP contribution is 2.45. The molecule has 1 amide bonds. The van der Waals surface area contributed by atoms with Crippen LogP contribution in [0.3, 0.4) is 0 Å². The second-order valence-corrected chi connectivity index (χ2v) is 7.66. The minimum Gasteiger partial charge on any atom is -0.480 e. The Morgan fingerprint density at radius 1 is 1.03 bits per heavy atom. The summed E-state index contributed by atoms with van der Waals surface area (Å²) >= 11 is 6.01. The van der Waals surface area contributed by atoms with Gasteiger partial charge in [0.25, 0.3) is 0 Å². The van der Waals surface area contributed by atoms with Crippen molar-refractivity contribution in [3.63, 3.8) is 0 Å². The molecule has 1 aliphatic carbocycles. The maximum atomic E-state index is 13.0. The van der Waals surface area contributed by atoms with Crippen molar-refractivity contribution in [1.82, 2.24) is 9.97 Å². The SMILES string of the molecule is O=C(O)C1C(O)c2c(Cl)ncnc2N1C(=O)OCC1c2ccccc2-c2ccccc21. The number of carboxylic acids is 1. The number of aliphatic carboxylic acids is 1. The highest BCUT2D eigenvalue weighted by molar-refractivity contribution is 6.30. The van der Waals surface area contributed by atoms with E-state index in [4.69, 9.17) is 16.3 Å². The molecule has 0 bridgehead atoms. The van der Waals surface area contributed by atoms with E-state index in [0.717, 1.165) is 33.5 Å². The Bertz CT molecular complexity index is 1170. The number of aromatic nitrogens is 2. The molecule has 2 N–H and O–H groups in total. The van der Waals surface area contributed by atoms with Gasteiger partial charge >= 0.3 is 12.1 Å². The average molecular weight is 438 g/mol. The molecule has 5 rings (SSSR count). The molecule has 31 heavy (non-hydrogen) atoms. The zero-order chi connectivity index (χ0) is 21.7. The van der Waals surface area contributed by atoms with Gasteiger partial charge in [-0.1, -0.05) is 60.1 Å². The Kier molecular flexibility index (Phi) is 4.60. The summed E-state index contributed by atoms with van der Waals surface area (Å²) in [5, 5.41) is 19.9. The topological polar surface area (TPSA) is 113 Å². The molecule has 2 atom stereocenters. The molecule has 156 valence electrons. The van der Waals surface area contributed by atoms with Gasteiger partial charge in [-0.25, -0.2) is 24.5 Å². The first-order valence-corrected chi connectivity index (χ1v) is 9.92. The van der Waals surface area contributed by atoms with Gasteiger partial charge in [-0.05, 0) is 22.3 Å². The number of rotatable bonds is 3. The van der Waals surface area contributed by atoms with E-state index in [9.17, 15) is 19.8 Å². The number of anilines is 1. The summed E-state index contributed by atoms with van der Waals surface area (Å²) in [7, 11) is 0. The van der Waals surface area contributed by atoms with E-state index in [1.54, 1.807) is 0 Å². The van der Waals surface area contributed by atoms with E-state index < -0.39 is 24.2 Å². The van der Waals surface area contributed by atoms with Crippen LogP contribution in [0.2, 0.25) is 5.15 Å². The molecular formula is C22H16ClN3O5. The van der Waals surface area contributed by atoms with Crippen LogP contribution in [0.1, 0.15) is 28.7 Å². The van der Waals surface area contributed by atoms with E-state index >= 15 is 0 Å². The number of benzene rings is 2. The van der Waals surface area contributed by atoms with Gasteiger partial charge in [0.15, 0.2) is 6.04 Å². The predicted octanol–water partition coefficient (Wildman–Crippen LogP) is 3.39. The molecule has 3 aromatic rings. The van der Waals surface area contributed by atoms with Crippen LogP contribution in [0, 0.1) is 0 Å². The van der Waals surface area contributed by atoms with Gasteiger partial charge in [0.05, 0.1) is 5.56 Å². The first-order valence-electron chi connectivity index (χ1n) is 9.54. The first kappa shape index (κ1) is 19.5. The number of hydrogen-bond acceptors (Lipinski definition) is 6. The standard InChI is InChI=1S/C22H16ClN3O5/c23-19-16-18(27)17(21(28)29)26(20(16)25-10-24-19)22(30)31-9-15-13-7-3-1-5-11(13)12-6-2-4-8-14(12)15/h1-8,10,15,17-18,27H,9H2,(H,28,29). The quantitative estimate of drug-likeness (QED) is 0.604. The van der Waals surface area contributed by atoms with Crippen LogP contribution in [0.4, 0.5) is 10.6 Å². The Labute approximate surface area is 181 Å². The number of hydrogen-bond donors (Lipinski definition) is 2. The molecule has 2 aromatic carbocycles. The minimum absolute atomic E-state index is 0.0000562. The van der Waals surface area contributed by atoms with Gasteiger partial charge in [-0.2, -0.15) is 0 Å². The molecule has 0 saturated heterocycles. The van der Waals surface area contributed by atoms with Gasteiger partial charge in [0, 0.05) is 5.92 Å². The van der Waals surface area contributed by atoms with Crippen molar-refractivity contribution in [1.29, 1.82) is 0 Å². The summed E-state index contributed by atoms with van der Waals surface area (Å²) < 4.78 is 5.56. The third-order valence-electron chi connectivity index (χ3n) is 5.70. The van der Waals surface area contributed by atoms with Crippen molar-refractivity contribution in [3.05, 3.63) is 76.7 Å². The third kappa shape index (κ3) is 2.95. The molecule has 1 aliphatic heterocycles. The number of ether oxygens (including phenoxy) is 1. The fraction of sp³-hybridized carbons (Fsp3) is 0.182.